The van der Waals surface area contributed by atoms with Gasteiger partial charge in [0.2, 0.25) is 5.91 Å². The highest BCUT2D eigenvalue weighted by Crippen LogP contribution is 2.29. The highest BCUT2D eigenvalue weighted by atomic mass is 32.1. The molecule has 0 saturated carbocycles. The third-order valence-electron chi connectivity index (χ3n) is 4.04. The van der Waals surface area contributed by atoms with E-state index < -0.39 is 0 Å². The Hall–Kier alpha value is -1.94. The first kappa shape index (κ1) is 15.0. The Bertz CT molecular complexity index is 718. The lowest BCUT2D eigenvalue weighted by Gasteiger charge is -2.15. The van der Waals surface area contributed by atoms with E-state index in [1.165, 1.54) is 22.5 Å². The maximum Gasteiger partial charge on any atom is 0.229 e. The first-order chi connectivity index (χ1) is 10.6. The van der Waals surface area contributed by atoms with Crippen LogP contribution in [0.3, 0.4) is 0 Å². The second kappa shape index (κ2) is 6.44. The number of hydrogen-bond acceptors (Lipinski definition) is 3. The molecule has 1 aliphatic carbocycles. The van der Waals surface area contributed by atoms with Crippen LogP contribution in [0.5, 0.6) is 0 Å². The number of rotatable bonds is 3. The van der Waals surface area contributed by atoms with Crippen LogP contribution in [0.4, 0.5) is 5.13 Å². The van der Waals surface area contributed by atoms with Crippen LogP contribution in [0, 0.1) is 19.8 Å². The molecule has 1 atom stereocenters. The van der Waals surface area contributed by atoms with Gasteiger partial charge >= 0.3 is 0 Å². The second-order valence-corrected chi connectivity index (χ2v) is 6.69. The second-order valence-electron chi connectivity index (χ2n) is 5.83. The summed E-state index contributed by atoms with van der Waals surface area (Å²) >= 11 is 1.49. The Labute approximate surface area is 135 Å². The molecule has 3 nitrogen and oxygen atoms in total. The fraction of sp³-hybridized carbons (Fsp3) is 0.333. The summed E-state index contributed by atoms with van der Waals surface area (Å²) in [7, 11) is 0. The zero-order chi connectivity index (χ0) is 15.5. The minimum Gasteiger partial charge on any atom is -0.302 e. The van der Waals surface area contributed by atoms with Gasteiger partial charge in [-0.05, 0) is 44.7 Å². The maximum absolute atomic E-state index is 12.3. The Morgan fingerprint density at radius 2 is 2.18 bits per heavy atom. The van der Waals surface area contributed by atoms with Crippen molar-refractivity contribution in [2.24, 2.45) is 5.92 Å². The molecule has 1 aliphatic rings. The van der Waals surface area contributed by atoms with Crippen molar-refractivity contribution in [2.75, 3.05) is 5.32 Å². The number of anilines is 1. The number of carbonyl (C=O) groups is 1. The molecule has 0 saturated heterocycles. The van der Waals surface area contributed by atoms with Gasteiger partial charge in [-0.1, -0.05) is 29.8 Å². The van der Waals surface area contributed by atoms with E-state index in [9.17, 15) is 4.79 Å². The summed E-state index contributed by atoms with van der Waals surface area (Å²) in [6.45, 7) is 4.16. The van der Waals surface area contributed by atoms with Crippen molar-refractivity contribution in [2.45, 2.75) is 33.1 Å². The lowest BCUT2D eigenvalue weighted by atomic mass is 9.94. The number of thiazole rings is 1. The van der Waals surface area contributed by atoms with Crippen LogP contribution in [0.15, 0.2) is 35.7 Å². The Morgan fingerprint density at radius 1 is 1.32 bits per heavy atom. The summed E-state index contributed by atoms with van der Waals surface area (Å²) in [5.41, 5.74) is 4.49. The summed E-state index contributed by atoms with van der Waals surface area (Å²) < 4.78 is 0. The molecule has 0 aliphatic heterocycles. The molecule has 0 unspecified atom stereocenters. The molecule has 1 aromatic heterocycles. The summed E-state index contributed by atoms with van der Waals surface area (Å²) in [4.78, 5) is 16.8. The predicted molar refractivity (Wildman–Crippen MR) is 92.1 cm³/mol. The smallest absolute Gasteiger partial charge is 0.229 e. The van der Waals surface area contributed by atoms with Gasteiger partial charge in [0.05, 0.1) is 5.69 Å². The molecule has 0 fully saturated rings. The Balaban J connectivity index is 1.75. The van der Waals surface area contributed by atoms with E-state index in [2.05, 4.69) is 54.5 Å². The van der Waals surface area contributed by atoms with Crippen LogP contribution in [0.2, 0.25) is 0 Å². The normalized spacial score (nSPS) is 17.5. The summed E-state index contributed by atoms with van der Waals surface area (Å²) in [5.74, 6) is 0.171. The quantitative estimate of drug-likeness (QED) is 0.833. The Kier molecular flexibility index (Phi) is 4.39. The van der Waals surface area contributed by atoms with Gasteiger partial charge in [0.15, 0.2) is 5.13 Å². The van der Waals surface area contributed by atoms with Crippen LogP contribution >= 0.6 is 11.3 Å². The lowest BCUT2D eigenvalue weighted by Crippen LogP contribution is -2.23. The molecular formula is C18H20N2OS. The number of nitrogens with one attached hydrogen (secondary N) is 1. The molecule has 1 heterocycles. The molecule has 0 bridgehead atoms. The van der Waals surface area contributed by atoms with Gasteiger partial charge in [0, 0.05) is 16.9 Å². The van der Waals surface area contributed by atoms with E-state index >= 15 is 0 Å². The van der Waals surface area contributed by atoms with Crippen molar-refractivity contribution in [3.8, 4) is 11.3 Å². The zero-order valence-electron chi connectivity index (χ0n) is 12.9. The highest BCUT2D eigenvalue weighted by Gasteiger charge is 2.19. The van der Waals surface area contributed by atoms with Crippen molar-refractivity contribution in [3.05, 3.63) is 46.9 Å². The molecule has 114 valence electrons. The van der Waals surface area contributed by atoms with Gasteiger partial charge in [-0.25, -0.2) is 4.98 Å². The van der Waals surface area contributed by atoms with Crippen molar-refractivity contribution >= 4 is 22.4 Å². The van der Waals surface area contributed by atoms with E-state index in [-0.39, 0.29) is 11.8 Å². The summed E-state index contributed by atoms with van der Waals surface area (Å²) in [6.07, 6.45) is 6.99. The molecule has 0 spiro atoms. The molecule has 3 rings (SSSR count). The number of aromatic nitrogens is 1. The number of benzene rings is 1. The molecule has 1 aromatic carbocycles. The average Bonchev–Trinajstić information content (AvgIpc) is 2.99. The monoisotopic (exact) mass is 312 g/mol. The first-order valence-electron chi connectivity index (χ1n) is 7.62. The van der Waals surface area contributed by atoms with E-state index in [1.807, 2.05) is 5.38 Å². The van der Waals surface area contributed by atoms with Crippen molar-refractivity contribution in [3.63, 3.8) is 0 Å². The fourth-order valence-corrected chi connectivity index (χ4v) is 3.42. The minimum absolute atomic E-state index is 0.0815. The van der Waals surface area contributed by atoms with E-state index in [1.54, 1.807) is 0 Å². The summed E-state index contributed by atoms with van der Waals surface area (Å²) in [5, 5.41) is 5.67. The van der Waals surface area contributed by atoms with Crippen LogP contribution in [0.1, 0.15) is 30.4 Å². The predicted octanol–water partition coefficient (Wildman–Crippen LogP) is 4.72. The molecule has 1 N–H and O–H groups in total. The topological polar surface area (TPSA) is 42.0 Å². The van der Waals surface area contributed by atoms with Crippen molar-refractivity contribution in [1.29, 1.82) is 0 Å². The number of hydrogen-bond donors (Lipinski definition) is 1. The molecule has 0 radical (unpaired) electrons. The first-order valence-corrected chi connectivity index (χ1v) is 8.50. The van der Waals surface area contributed by atoms with E-state index in [0.29, 0.717) is 5.13 Å². The van der Waals surface area contributed by atoms with Gasteiger partial charge in [-0.2, -0.15) is 0 Å². The van der Waals surface area contributed by atoms with Crippen molar-refractivity contribution < 1.29 is 4.79 Å². The minimum atomic E-state index is 0.0815. The molecule has 22 heavy (non-hydrogen) atoms. The average molecular weight is 312 g/mol. The van der Waals surface area contributed by atoms with Crippen LogP contribution in [-0.2, 0) is 4.79 Å². The standard InChI is InChI=1S/C18H20N2OS/c1-12-8-9-13(2)15(10-12)16-11-22-18(19-16)20-17(21)14-6-4-3-5-7-14/h3-4,8-11,14H,5-7H2,1-2H3,(H,19,20,21)/t14-/m0/s1. The highest BCUT2D eigenvalue weighted by molar-refractivity contribution is 7.14. The number of aryl methyl sites for hydroxylation is 2. The SMILES string of the molecule is Cc1ccc(C)c(-c2csc(NC(=O)[C@H]3CC=CCC3)n2)c1. The van der Waals surface area contributed by atoms with E-state index in [0.717, 1.165) is 30.5 Å². The van der Waals surface area contributed by atoms with Gasteiger partial charge in [-0.3, -0.25) is 4.79 Å². The largest absolute Gasteiger partial charge is 0.302 e. The zero-order valence-corrected chi connectivity index (χ0v) is 13.7. The van der Waals surface area contributed by atoms with Gasteiger partial charge in [0.25, 0.3) is 0 Å². The number of carbonyl (C=O) groups excluding carboxylic acids is 1. The molecule has 1 amide bonds. The van der Waals surface area contributed by atoms with E-state index in [4.69, 9.17) is 0 Å². The third kappa shape index (κ3) is 3.28. The molecule has 2 aromatic rings. The van der Waals surface area contributed by atoms with Gasteiger partial charge < -0.3 is 5.32 Å². The number of nitrogens with zero attached hydrogens (tertiary/aromatic N) is 1. The fourth-order valence-electron chi connectivity index (χ4n) is 2.71. The van der Waals surface area contributed by atoms with Crippen LogP contribution < -0.4 is 5.32 Å². The number of allylic oxidation sites excluding steroid dienone is 2. The summed E-state index contributed by atoms with van der Waals surface area (Å²) in [6, 6.07) is 6.35. The van der Waals surface area contributed by atoms with Gasteiger partial charge in [0.1, 0.15) is 0 Å². The van der Waals surface area contributed by atoms with Crippen LogP contribution in [0.25, 0.3) is 11.3 Å². The van der Waals surface area contributed by atoms with Crippen LogP contribution in [-0.4, -0.2) is 10.9 Å². The molecular weight excluding hydrogens is 292 g/mol. The maximum atomic E-state index is 12.3. The Morgan fingerprint density at radius 3 is 2.95 bits per heavy atom. The van der Waals surface area contributed by atoms with Gasteiger partial charge in [-0.15, -0.1) is 11.3 Å². The third-order valence-corrected chi connectivity index (χ3v) is 4.80. The molecule has 4 heteroatoms. The van der Waals surface area contributed by atoms with Crippen molar-refractivity contribution in [1.82, 2.24) is 4.98 Å². The lowest BCUT2D eigenvalue weighted by molar-refractivity contribution is -0.120. The number of amides is 1.